The molecule has 0 aliphatic heterocycles. The number of aromatic nitrogens is 2. The molecule has 0 saturated heterocycles. The number of hydrogen-bond acceptors (Lipinski definition) is 5. The first kappa shape index (κ1) is 11.5. The van der Waals surface area contributed by atoms with Crippen LogP contribution in [0, 0.1) is 6.92 Å². The van der Waals surface area contributed by atoms with Crippen molar-refractivity contribution in [3.8, 4) is 5.88 Å². The maximum absolute atomic E-state index is 11.8. The summed E-state index contributed by atoms with van der Waals surface area (Å²) in [4.78, 5) is 19.9. The fraction of sp³-hybridized carbons (Fsp3) is 0.182. The average Bonchev–Trinajstić information content (AvgIpc) is 2.75. The Hall–Kier alpha value is -1.95. The van der Waals surface area contributed by atoms with E-state index in [0.29, 0.717) is 16.6 Å². The molecule has 88 valence electrons. The highest BCUT2D eigenvalue weighted by atomic mass is 32.1. The van der Waals surface area contributed by atoms with Crippen LogP contribution in [-0.4, -0.2) is 23.0 Å². The van der Waals surface area contributed by atoms with Crippen molar-refractivity contribution in [3.05, 3.63) is 35.0 Å². The van der Waals surface area contributed by atoms with Gasteiger partial charge in [0.05, 0.1) is 18.4 Å². The Labute approximate surface area is 102 Å². The number of thiazole rings is 1. The molecular formula is C11H11N3O2S. The summed E-state index contributed by atoms with van der Waals surface area (Å²) in [5.41, 5.74) is 1.36. The number of hydrogen-bond donors (Lipinski definition) is 1. The number of methoxy groups -OCH3 is 1. The van der Waals surface area contributed by atoms with E-state index in [1.54, 1.807) is 12.1 Å². The fourth-order valence-corrected chi connectivity index (χ4v) is 1.90. The van der Waals surface area contributed by atoms with Crippen LogP contribution in [0.5, 0.6) is 5.88 Å². The number of carbonyl (C=O) groups excluding carboxylic acids is 1. The standard InChI is InChI=1S/C11H11N3O2S/c1-7-6-17-11(13-7)14-10(15)8-3-4-9(16-2)12-5-8/h3-6H,1-2H3,(H,13,14,15). The van der Waals surface area contributed by atoms with Crippen LogP contribution in [0.2, 0.25) is 0 Å². The molecule has 6 heteroatoms. The zero-order valence-electron chi connectivity index (χ0n) is 9.43. The Morgan fingerprint density at radius 1 is 1.47 bits per heavy atom. The molecule has 17 heavy (non-hydrogen) atoms. The van der Waals surface area contributed by atoms with Gasteiger partial charge in [-0.2, -0.15) is 0 Å². The van der Waals surface area contributed by atoms with Gasteiger partial charge in [0.1, 0.15) is 0 Å². The van der Waals surface area contributed by atoms with Crippen molar-refractivity contribution >= 4 is 22.4 Å². The molecule has 0 radical (unpaired) electrons. The van der Waals surface area contributed by atoms with Crippen LogP contribution >= 0.6 is 11.3 Å². The summed E-state index contributed by atoms with van der Waals surface area (Å²) in [6.07, 6.45) is 1.47. The van der Waals surface area contributed by atoms with Crippen LogP contribution in [0.25, 0.3) is 0 Å². The zero-order valence-corrected chi connectivity index (χ0v) is 10.2. The van der Waals surface area contributed by atoms with Crippen molar-refractivity contribution in [2.24, 2.45) is 0 Å². The zero-order chi connectivity index (χ0) is 12.3. The van der Waals surface area contributed by atoms with E-state index in [0.717, 1.165) is 5.69 Å². The number of aryl methyl sites for hydroxylation is 1. The Morgan fingerprint density at radius 2 is 2.29 bits per heavy atom. The molecule has 2 aromatic heterocycles. The first-order chi connectivity index (χ1) is 8.19. The quantitative estimate of drug-likeness (QED) is 0.904. The Bertz CT molecular complexity index is 522. The van der Waals surface area contributed by atoms with Gasteiger partial charge in [0.2, 0.25) is 5.88 Å². The molecule has 0 fully saturated rings. The third-order valence-electron chi connectivity index (χ3n) is 2.05. The number of carbonyl (C=O) groups is 1. The lowest BCUT2D eigenvalue weighted by atomic mass is 10.3. The minimum Gasteiger partial charge on any atom is -0.481 e. The number of amides is 1. The van der Waals surface area contributed by atoms with Gasteiger partial charge in [0, 0.05) is 17.6 Å². The predicted octanol–water partition coefficient (Wildman–Crippen LogP) is 2.11. The van der Waals surface area contributed by atoms with Crippen LogP contribution in [0.4, 0.5) is 5.13 Å². The number of anilines is 1. The van der Waals surface area contributed by atoms with Gasteiger partial charge in [-0.05, 0) is 13.0 Å². The highest BCUT2D eigenvalue weighted by Crippen LogP contribution is 2.16. The molecule has 0 aliphatic carbocycles. The monoisotopic (exact) mass is 249 g/mol. The lowest BCUT2D eigenvalue weighted by Crippen LogP contribution is -2.12. The van der Waals surface area contributed by atoms with E-state index in [-0.39, 0.29) is 5.91 Å². The van der Waals surface area contributed by atoms with Gasteiger partial charge in [0.25, 0.3) is 5.91 Å². The summed E-state index contributed by atoms with van der Waals surface area (Å²) < 4.78 is 4.92. The summed E-state index contributed by atoms with van der Waals surface area (Å²) in [7, 11) is 1.53. The first-order valence-electron chi connectivity index (χ1n) is 4.92. The van der Waals surface area contributed by atoms with Crippen molar-refractivity contribution in [3.63, 3.8) is 0 Å². The second kappa shape index (κ2) is 4.92. The number of rotatable bonds is 3. The lowest BCUT2D eigenvalue weighted by molar-refractivity contribution is 0.102. The molecule has 5 nitrogen and oxygen atoms in total. The van der Waals surface area contributed by atoms with Gasteiger partial charge in [0.15, 0.2) is 5.13 Å². The second-order valence-corrected chi connectivity index (χ2v) is 4.20. The largest absolute Gasteiger partial charge is 0.481 e. The Kier molecular flexibility index (Phi) is 3.34. The van der Waals surface area contributed by atoms with Gasteiger partial charge < -0.3 is 4.74 Å². The molecule has 2 aromatic rings. The Morgan fingerprint density at radius 3 is 2.82 bits per heavy atom. The number of nitrogens with one attached hydrogen (secondary N) is 1. The van der Waals surface area contributed by atoms with Gasteiger partial charge in [-0.1, -0.05) is 0 Å². The van der Waals surface area contributed by atoms with Crippen molar-refractivity contribution in [1.82, 2.24) is 9.97 Å². The van der Waals surface area contributed by atoms with Crippen molar-refractivity contribution in [2.75, 3.05) is 12.4 Å². The summed E-state index contributed by atoms with van der Waals surface area (Å²) in [6.45, 7) is 1.88. The molecule has 0 unspecified atom stereocenters. The van der Waals surface area contributed by atoms with Gasteiger partial charge >= 0.3 is 0 Å². The van der Waals surface area contributed by atoms with Crippen molar-refractivity contribution in [2.45, 2.75) is 6.92 Å². The predicted molar refractivity (Wildman–Crippen MR) is 65.6 cm³/mol. The smallest absolute Gasteiger partial charge is 0.259 e. The van der Waals surface area contributed by atoms with Gasteiger partial charge in [-0.3, -0.25) is 10.1 Å². The molecule has 1 N–H and O–H groups in total. The van der Waals surface area contributed by atoms with E-state index < -0.39 is 0 Å². The first-order valence-corrected chi connectivity index (χ1v) is 5.80. The molecule has 0 aromatic carbocycles. The van der Waals surface area contributed by atoms with Crippen LogP contribution in [-0.2, 0) is 0 Å². The normalized spacial score (nSPS) is 10.0. The van der Waals surface area contributed by atoms with Crippen LogP contribution in [0.15, 0.2) is 23.7 Å². The molecule has 0 atom stereocenters. The molecule has 1 amide bonds. The van der Waals surface area contributed by atoms with E-state index in [1.807, 2.05) is 12.3 Å². The van der Waals surface area contributed by atoms with Gasteiger partial charge in [-0.25, -0.2) is 9.97 Å². The fourth-order valence-electron chi connectivity index (χ4n) is 1.22. The number of pyridine rings is 1. The van der Waals surface area contributed by atoms with E-state index >= 15 is 0 Å². The van der Waals surface area contributed by atoms with Crippen LogP contribution in [0.3, 0.4) is 0 Å². The minimum atomic E-state index is -0.227. The van der Waals surface area contributed by atoms with Gasteiger partial charge in [-0.15, -0.1) is 11.3 Å². The van der Waals surface area contributed by atoms with E-state index in [4.69, 9.17) is 4.74 Å². The summed E-state index contributed by atoms with van der Waals surface area (Å²) in [5.74, 6) is 0.251. The summed E-state index contributed by atoms with van der Waals surface area (Å²) in [6, 6.07) is 3.30. The minimum absolute atomic E-state index is 0.227. The summed E-state index contributed by atoms with van der Waals surface area (Å²) >= 11 is 1.39. The van der Waals surface area contributed by atoms with Crippen LogP contribution in [0.1, 0.15) is 16.1 Å². The van der Waals surface area contributed by atoms with Crippen molar-refractivity contribution in [1.29, 1.82) is 0 Å². The molecule has 0 bridgehead atoms. The molecule has 2 heterocycles. The van der Waals surface area contributed by atoms with E-state index in [1.165, 1.54) is 24.6 Å². The maximum atomic E-state index is 11.8. The third kappa shape index (κ3) is 2.79. The van der Waals surface area contributed by atoms with Crippen molar-refractivity contribution < 1.29 is 9.53 Å². The SMILES string of the molecule is COc1ccc(C(=O)Nc2nc(C)cs2)cn1. The summed E-state index contributed by atoms with van der Waals surface area (Å²) in [5, 5.41) is 5.17. The lowest BCUT2D eigenvalue weighted by Gasteiger charge is -2.02. The average molecular weight is 249 g/mol. The molecule has 2 rings (SSSR count). The molecule has 0 aliphatic rings. The highest BCUT2D eigenvalue weighted by Gasteiger charge is 2.08. The van der Waals surface area contributed by atoms with E-state index in [2.05, 4.69) is 15.3 Å². The molecular weight excluding hydrogens is 238 g/mol. The Balaban J connectivity index is 2.09. The maximum Gasteiger partial charge on any atom is 0.259 e. The third-order valence-corrected chi connectivity index (χ3v) is 2.92. The van der Waals surface area contributed by atoms with Crippen LogP contribution < -0.4 is 10.1 Å². The van der Waals surface area contributed by atoms with E-state index in [9.17, 15) is 4.79 Å². The highest BCUT2D eigenvalue weighted by molar-refractivity contribution is 7.13. The number of ether oxygens (including phenoxy) is 1. The topological polar surface area (TPSA) is 64.1 Å². The molecule has 0 spiro atoms. The molecule has 0 saturated carbocycles. The number of nitrogens with zero attached hydrogens (tertiary/aromatic N) is 2. The second-order valence-electron chi connectivity index (χ2n) is 3.34.